The molecule has 9 heteroatoms. The van der Waals surface area contributed by atoms with Gasteiger partial charge in [0.05, 0.1) is 5.56 Å². The van der Waals surface area contributed by atoms with Gasteiger partial charge in [0.15, 0.2) is 0 Å². The Morgan fingerprint density at radius 2 is 1.89 bits per heavy atom. The predicted octanol–water partition coefficient (Wildman–Crippen LogP) is 6.52. The van der Waals surface area contributed by atoms with Crippen molar-refractivity contribution in [2.75, 3.05) is 5.32 Å². The summed E-state index contributed by atoms with van der Waals surface area (Å²) >= 11 is 0. The lowest BCUT2D eigenvalue weighted by atomic mass is 9.86. The number of rotatable bonds is 5. The summed E-state index contributed by atoms with van der Waals surface area (Å²) < 4.78 is 40.4. The fourth-order valence-corrected chi connectivity index (χ4v) is 5.08. The fourth-order valence-electron chi connectivity index (χ4n) is 5.08. The Kier molecular flexibility index (Phi) is 7.04. The Balaban J connectivity index is 1.19. The van der Waals surface area contributed by atoms with Gasteiger partial charge in [-0.15, -0.1) is 0 Å². The third-order valence-electron chi connectivity index (χ3n) is 7.25. The van der Waals surface area contributed by atoms with Crippen LogP contribution in [-0.2, 0) is 19.1 Å². The van der Waals surface area contributed by atoms with E-state index in [1.165, 1.54) is 17.2 Å². The Bertz CT molecular complexity index is 1280. The molecule has 1 aromatic carbocycles. The lowest BCUT2D eigenvalue weighted by Gasteiger charge is -2.26. The number of amides is 1. The maximum absolute atomic E-state index is 12.8. The first-order chi connectivity index (χ1) is 17.8. The number of allylic oxidation sites excluding steroid dienone is 2. The van der Waals surface area contributed by atoms with Crippen LogP contribution in [0.4, 0.5) is 24.7 Å². The zero-order valence-corrected chi connectivity index (χ0v) is 20.7. The first kappa shape index (κ1) is 25.0. The van der Waals surface area contributed by atoms with Gasteiger partial charge in [-0.05, 0) is 80.9 Å². The van der Waals surface area contributed by atoms with Crippen molar-refractivity contribution in [3.05, 3.63) is 77.0 Å². The van der Waals surface area contributed by atoms with E-state index in [-0.39, 0.29) is 11.9 Å². The number of halogens is 3. The number of carbonyl (C=O) groups excluding carboxylic acids is 1. The molecule has 2 N–H and O–H groups in total. The summed E-state index contributed by atoms with van der Waals surface area (Å²) in [6.45, 7) is 3.03. The number of anilines is 2. The van der Waals surface area contributed by atoms with Crippen LogP contribution in [0.2, 0.25) is 0 Å². The topological polar surface area (TPSA) is 71.8 Å². The molecule has 2 aliphatic rings. The Morgan fingerprint density at radius 1 is 1.08 bits per heavy atom. The van der Waals surface area contributed by atoms with E-state index in [4.69, 9.17) is 0 Å². The summed E-state index contributed by atoms with van der Waals surface area (Å²) in [4.78, 5) is 21.2. The highest BCUT2D eigenvalue weighted by Gasteiger charge is 2.30. The Labute approximate surface area is 214 Å². The van der Waals surface area contributed by atoms with E-state index in [9.17, 15) is 18.0 Å². The van der Waals surface area contributed by atoms with Crippen LogP contribution in [-0.4, -0.2) is 26.5 Å². The number of aromatic nitrogens is 3. The quantitative estimate of drug-likeness (QED) is 0.411. The number of nitrogens with zero attached hydrogens (tertiary/aromatic N) is 3. The summed E-state index contributed by atoms with van der Waals surface area (Å²) in [7, 11) is 0. The molecule has 0 atom stereocenters. The van der Waals surface area contributed by atoms with Crippen LogP contribution in [0.1, 0.15) is 72.9 Å². The molecular formula is C28H30F3N5O. The minimum absolute atomic E-state index is 0.0910. The van der Waals surface area contributed by atoms with E-state index in [1.54, 1.807) is 0 Å². The van der Waals surface area contributed by atoms with Crippen molar-refractivity contribution in [3.8, 4) is 0 Å². The number of aryl methyl sites for hydroxylation is 2. The van der Waals surface area contributed by atoms with Crippen molar-refractivity contribution in [1.82, 2.24) is 19.9 Å². The van der Waals surface area contributed by atoms with Gasteiger partial charge in [-0.25, -0.2) is 9.97 Å². The van der Waals surface area contributed by atoms with Gasteiger partial charge in [-0.3, -0.25) is 4.79 Å². The second kappa shape index (κ2) is 10.4. The zero-order valence-electron chi connectivity index (χ0n) is 20.7. The lowest BCUT2D eigenvalue weighted by molar-refractivity contribution is -0.137. The molecule has 1 saturated carbocycles. The number of carbonyl (C=O) groups is 1. The van der Waals surface area contributed by atoms with Crippen LogP contribution in [0.25, 0.3) is 5.57 Å². The van der Waals surface area contributed by atoms with Gasteiger partial charge >= 0.3 is 6.18 Å². The molecule has 1 amide bonds. The molecular weight excluding hydrogens is 479 g/mol. The first-order valence-corrected chi connectivity index (χ1v) is 12.7. The molecule has 6 nitrogen and oxygen atoms in total. The van der Waals surface area contributed by atoms with Gasteiger partial charge in [0, 0.05) is 37.1 Å². The van der Waals surface area contributed by atoms with E-state index < -0.39 is 11.7 Å². The number of imidazole rings is 1. The van der Waals surface area contributed by atoms with Crippen LogP contribution in [0.3, 0.4) is 0 Å². The fraction of sp³-hybridized carbons (Fsp3) is 0.393. The molecule has 0 saturated heterocycles. The molecule has 0 bridgehead atoms. The van der Waals surface area contributed by atoms with Gasteiger partial charge in [0.1, 0.15) is 17.3 Å². The van der Waals surface area contributed by atoms with E-state index in [0.29, 0.717) is 11.5 Å². The van der Waals surface area contributed by atoms with Gasteiger partial charge in [0.25, 0.3) is 5.91 Å². The number of hydrogen-bond donors (Lipinski definition) is 2. The van der Waals surface area contributed by atoms with E-state index in [1.807, 2.05) is 30.5 Å². The number of nitrogens with one attached hydrogen (secondary N) is 2. The van der Waals surface area contributed by atoms with Crippen molar-refractivity contribution >= 4 is 23.0 Å². The molecule has 5 rings (SSSR count). The highest BCUT2D eigenvalue weighted by molar-refractivity contribution is 5.92. The molecule has 2 aromatic heterocycles. The van der Waals surface area contributed by atoms with Gasteiger partial charge in [0.2, 0.25) is 0 Å². The molecule has 3 heterocycles. The standard InChI is InChI=1S/C28H30F3N5O/c1-18(20-5-4-6-23(15-20)33-25-13-10-21(16-32-25)28(29,30)31)19-8-11-22(12-9-19)34-27(37)24-17-36-14-3-2-7-26(36)35-24/h4-6,10,13,15-17,22H,2-3,7-9,11-12,14H2,1H3,(H,32,33)(H,34,37). The third-order valence-corrected chi connectivity index (χ3v) is 7.25. The highest BCUT2D eigenvalue weighted by Crippen LogP contribution is 2.33. The average molecular weight is 510 g/mol. The number of hydrogen-bond acceptors (Lipinski definition) is 4. The summed E-state index contributed by atoms with van der Waals surface area (Å²) in [5.74, 6) is 1.27. The largest absolute Gasteiger partial charge is 0.417 e. The molecule has 37 heavy (non-hydrogen) atoms. The molecule has 1 aliphatic carbocycles. The minimum Gasteiger partial charge on any atom is -0.348 e. The van der Waals surface area contributed by atoms with Gasteiger partial charge < -0.3 is 15.2 Å². The van der Waals surface area contributed by atoms with E-state index >= 15 is 0 Å². The average Bonchev–Trinajstić information content (AvgIpc) is 3.33. The van der Waals surface area contributed by atoms with Gasteiger partial charge in [-0.2, -0.15) is 13.2 Å². The van der Waals surface area contributed by atoms with Crippen LogP contribution >= 0.6 is 0 Å². The van der Waals surface area contributed by atoms with Crippen molar-refractivity contribution in [2.24, 2.45) is 0 Å². The van der Waals surface area contributed by atoms with E-state index in [0.717, 1.165) is 80.8 Å². The lowest BCUT2D eigenvalue weighted by Crippen LogP contribution is -2.36. The second-order valence-corrected chi connectivity index (χ2v) is 9.80. The van der Waals surface area contributed by atoms with Crippen molar-refractivity contribution in [1.29, 1.82) is 0 Å². The van der Waals surface area contributed by atoms with Crippen molar-refractivity contribution < 1.29 is 18.0 Å². The molecule has 3 aromatic rings. The normalized spacial score (nSPS) is 17.7. The Hall–Kier alpha value is -3.62. The first-order valence-electron chi connectivity index (χ1n) is 12.7. The predicted molar refractivity (Wildman–Crippen MR) is 136 cm³/mol. The van der Waals surface area contributed by atoms with Crippen LogP contribution in [0.15, 0.2) is 54.4 Å². The third kappa shape index (κ3) is 5.87. The van der Waals surface area contributed by atoms with Crippen LogP contribution in [0, 0.1) is 0 Å². The van der Waals surface area contributed by atoms with Crippen LogP contribution < -0.4 is 10.6 Å². The van der Waals surface area contributed by atoms with Crippen molar-refractivity contribution in [2.45, 2.75) is 70.6 Å². The summed E-state index contributed by atoms with van der Waals surface area (Å²) in [6.07, 6.45) is 5.03. The second-order valence-electron chi connectivity index (χ2n) is 9.80. The minimum atomic E-state index is -4.41. The smallest absolute Gasteiger partial charge is 0.348 e. The molecule has 1 aliphatic heterocycles. The summed E-state index contributed by atoms with van der Waals surface area (Å²) in [6, 6.07) is 10.3. The van der Waals surface area contributed by atoms with E-state index in [2.05, 4.69) is 32.1 Å². The maximum Gasteiger partial charge on any atom is 0.417 e. The maximum atomic E-state index is 12.8. The Morgan fingerprint density at radius 3 is 2.59 bits per heavy atom. The summed E-state index contributed by atoms with van der Waals surface area (Å²) in [5, 5.41) is 6.26. The highest BCUT2D eigenvalue weighted by atomic mass is 19.4. The molecule has 194 valence electrons. The number of benzene rings is 1. The molecule has 0 radical (unpaired) electrons. The number of alkyl halides is 3. The SMILES string of the molecule is CC(=C1CCC(NC(=O)c2cn3c(n2)CCCC3)CC1)c1cccc(Nc2ccc(C(F)(F)F)cn2)c1. The van der Waals surface area contributed by atoms with Crippen molar-refractivity contribution in [3.63, 3.8) is 0 Å². The molecule has 1 fully saturated rings. The summed E-state index contributed by atoms with van der Waals surface area (Å²) in [5.41, 5.74) is 4.10. The molecule has 0 spiro atoms. The number of pyridine rings is 1. The van der Waals surface area contributed by atoms with Gasteiger partial charge in [-0.1, -0.05) is 17.7 Å². The zero-order chi connectivity index (χ0) is 26.0. The van der Waals surface area contributed by atoms with Crippen LogP contribution in [0.5, 0.6) is 0 Å². The number of fused-ring (bicyclic) bond motifs is 1. The molecule has 0 unspecified atom stereocenters. The monoisotopic (exact) mass is 509 g/mol.